The Labute approximate surface area is 160 Å². The fourth-order valence-corrected chi connectivity index (χ4v) is 4.29. The van der Waals surface area contributed by atoms with Crippen LogP contribution in [0.15, 0.2) is 53.7 Å². The summed E-state index contributed by atoms with van der Waals surface area (Å²) >= 11 is 7.47. The Kier molecular flexibility index (Phi) is 4.46. The number of carbonyl (C=O) groups is 1. The van der Waals surface area contributed by atoms with Gasteiger partial charge in [-0.05, 0) is 31.5 Å². The van der Waals surface area contributed by atoms with E-state index in [1.807, 2.05) is 67.1 Å². The molecule has 0 aliphatic carbocycles. The van der Waals surface area contributed by atoms with Gasteiger partial charge < -0.3 is 5.43 Å². The molecule has 0 bridgehead atoms. The number of nitrogens with zero attached hydrogens (tertiary/aromatic N) is 3. The smallest absolute Gasteiger partial charge is 0.210 e. The van der Waals surface area contributed by atoms with Crippen molar-refractivity contribution in [1.82, 2.24) is 14.9 Å². The molecule has 1 aliphatic heterocycles. The Morgan fingerprint density at radius 1 is 1.08 bits per heavy atom. The number of carbonyl (C=O) groups excluding carboxylic acids is 1. The molecule has 4 rings (SSSR count). The van der Waals surface area contributed by atoms with Crippen molar-refractivity contribution in [2.45, 2.75) is 30.3 Å². The van der Waals surface area contributed by atoms with Gasteiger partial charge in [-0.25, -0.2) is 4.68 Å². The molecule has 0 saturated carbocycles. The third kappa shape index (κ3) is 3.10. The van der Waals surface area contributed by atoms with Crippen molar-refractivity contribution >= 4 is 29.1 Å². The number of halogens is 1. The first-order chi connectivity index (χ1) is 12.5. The zero-order valence-electron chi connectivity index (χ0n) is 14.3. The first kappa shape index (κ1) is 17.1. The second-order valence-electron chi connectivity index (χ2n) is 6.29. The summed E-state index contributed by atoms with van der Waals surface area (Å²) in [5.41, 5.74) is 6.21. The van der Waals surface area contributed by atoms with Gasteiger partial charge in [0.05, 0.1) is 6.04 Å². The first-order valence-electron chi connectivity index (χ1n) is 8.24. The average Bonchev–Trinajstić information content (AvgIpc) is 3.02. The molecule has 2 unspecified atom stereocenters. The van der Waals surface area contributed by atoms with Crippen molar-refractivity contribution in [3.8, 4) is 0 Å². The molecule has 5 nitrogen and oxygen atoms in total. The SMILES string of the molecule is Cc1ccc(C(=O)C2Sc3nnc(C)n3NC2c2ccc(Cl)cc2)cc1. The van der Waals surface area contributed by atoms with Crippen LogP contribution in [-0.4, -0.2) is 25.9 Å². The molecule has 0 amide bonds. The topological polar surface area (TPSA) is 59.8 Å². The van der Waals surface area contributed by atoms with Crippen LogP contribution in [0, 0.1) is 13.8 Å². The van der Waals surface area contributed by atoms with Crippen LogP contribution in [0.25, 0.3) is 0 Å². The number of thioether (sulfide) groups is 1. The van der Waals surface area contributed by atoms with Gasteiger partial charge >= 0.3 is 0 Å². The highest BCUT2D eigenvalue weighted by molar-refractivity contribution is 8.00. The van der Waals surface area contributed by atoms with E-state index in [1.165, 1.54) is 11.8 Å². The highest BCUT2D eigenvalue weighted by Gasteiger charge is 2.37. The molecule has 1 N–H and O–H groups in total. The number of rotatable bonds is 3. The van der Waals surface area contributed by atoms with Crippen molar-refractivity contribution < 1.29 is 4.79 Å². The van der Waals surface area contributed by atoms with Gasteiger partial charge in [0.2, 0.25) is 5.16 Å². The Morgan fingerprint density at radius 2 is 1.77 bits per heavy atom. The summed E-state index contributed by atoms with van der Waals surface area (Å²) < 4.78 is 1.84. The number of nitrogens with one attached hydrogen (secondary N) is 1. The molecule has 2 atom stereocenters. The fourth-order valence-electron chi connectivity index (χ4n) is 2.96. The van der Waals surface area contributed by atoms with Gasteiger partial charge in [0, 0.05) is 10.6 Å². The van der Waals surface area contributed by atoms with Gasteiger partial charge in [0.15, 0.2) is 5.78 Å². The van der Waals surface area contributed by atoms with Crippen LogP contribution >= 0.6 is 23.4 Å². The van der Waals surface area contributed by atoms with Crippen LogP contribution in [-0.2, 0) is 0 Å². The summed E-state index contributed by atoms with van der Waals surface area (Å²) in [5.74, 6) is 0.821. The predicted octanol–water partition coefficient (Wildman–Crippen LogP) is 4.19. The number of aromatic nitrogens is 3. The number of Topliss-reactive ketones (excluding diaryl/α,β-unsaturated/α-hetero) is 1. The molecular formula is C19H17ClN4OS. The Bertz CT molecular complexity index is 953. The summed E-state index contributed by atoms with van der Waals surface area (Å²) in [5, 5.41) is 9.30. The number of aryl methyl sites for hydroxylation is 2. The first-order valence-corrected chi connectivity index (χ1v) is 9.50. The monoisotopic (exact) mass is 384 g/mol. The van der Waals surface area contributed by atoms with E-state index >= 15 is 0 Å². The van der Waals surface area contributed by atoms with Gasteiger partial charge in [-0.2, -0.15) is 0 Å². The summed E-state index contributed by atoms with van der Waals surface area (Å²) in [6.07, 6.45) is 0. The molecular weight excluding hydrogens is 368 g/mol. The van der Waals surface area contributed by atoms with E-state index in [2.05, 4.69) is 15.6 Å². The Balaban J connectivity index is 1.74. The lowest BCUT2D eigenvalue weighted by Crippen LogP contribution is -2.39. The molecule has 132 valence electrons. The van der Waals surface area contributed by atoms with Crippen LogP contribution in [0.4, 0.5) is 0 Å². The standard InChI is InChI=1S/C19H17ClN4OS/c1-11-3-5-14(6-4-11)17(25)18-16(13-7-9-15(20)10-8-13)23-24-12(2)21-22-19(24)26-18/h3-10,16,18,23H,1-2H3. The van der Waals surface area contributed by atoms with Crippen molar-refractivity contribution in [2.24, 2.45) is 0 Å². The summed E-state index contributed by atoms with van der Waals surface area (Å²) in [7, 11) is 0. The molecule has 1 aliphatic rings. The van der Waals surface area contributed by atoms with E-state index < -0.39 is 0 Å². The maximum atomic E-state index is 13.2. The highest BCUT2D eigenvalue weighted by atomic mass is 35.5. The minimum Gasteiger partial charge on any atom is -0.313 e. The Morgan fingerprint density at radius 3 is 2.46 bits per heavy atom. The van der Waals surface area contributed by atoms with E-state index in [0.717, 1.165) is 17.0 Å². The predicted molar refractivity (Wildman–Crippen MR) is 103 cm³/mol. The van der Waals surface area contributed by atoms with Crippen LogP contribution in [0.3, 0.4) is 0 Å². The summed E-state index contributed by atoms with van der Waals surface area (Å²) in [6.45, 7) is 3.89. The molecule has 2 aromatic carbocycles. The van der Waals surface area contributed by atoms with Gasteiger partial charge in [0.1, 0.15) is 11.1 Å². The van der Waals surface area contributed by atoms with Crippen molar-refractivity contribution in [3.05, 3.63) is 76.1 Å². The zero-order chi connectivity index (χ0) is 18.3. The maximum Gasteiger partial charge on any atom is 0.210 e. The minimum absolute atomic E-state index is 0.0642. The molecule has 1 aromatic heterocycles. The molecule has 3 aromatic rings. The zero-order valence-corrected chi connectivity index (χ0v) is 15.9. The van der Waals surface area contributed by atoms with E-state index in [0.29, 0.717) is 15.7 Å². The fraction of sp³-hybridized carbons (Fsp3) is 0.211. The van der Waals surface area contributed by atoms with Crippen LogP contribution < -0.4 is 5.43 Å². The number of hydrogen-bond acceptors (Lipinski definition) is 5. The van der Waals surface area contributed by atoms with E-state index in [4.69, 9.17) is 11.6 Å². The Hall–Kier alpha value is -2.31. The molecule has 2 heterocycles. The lowest BCUT2D eigenvalue weighted by Gasteiger charge is -2.32. The van der Waals surface area contributed by atoms with Crippen molar-refractivity contribution in [2.75, 3.05) is 5.43 Å². The number of hydrogen-bond donors (Lipinski definition) is 1. The normalized spacial score (nSPS) is 18.9. The number of ketones is 1. The average molecular weight is 385 g/mol. The minimum atomic E-state index is -0.352. The van der Waals surface area contributed by atoms with Crippen LogP contribution in [0.5, 0.6) is 0 Å². The molecule has 26 heavy (non-hydrogen) atoms. The second-order valence-corrected chi connectivity index (χ2v) is 7.84. The van der Waals surface area contributed by atoms with E-state index in [1.54, 1.807) is 0 Å². The van der Waals surface area contributed by atoms with Gasteiger partial charge in [-0.15, -0.1) is 10.2 Å². The molecule has 0 spiro atoms. The maximum absolute atomic E-state index is 13.2. The van der Waals surface area contributed by atoms with Gasteiger partial charge in [0.25, 0.3) is 0 Å². The van der Waals surface area contributed by atoms with Crippen LogP contribution in [0.2, 0.25) is 5.02 Å². The lowest BCUT2D eigenvalue weighted by atomic mass is 9.97. The summed E-state index contributed by atoms with van der Waals surface area (Å²) in [4.78, 5) is 13.2. The molecule has 7 heteroatoms. The second kappa shape index (κ2) is 6.78. The van der Waals surface area contributed by atoms with Crippen molar-refractivity contribution in [3.63, 3.8) is 0 Å². The van der Waals surface area contributed by atoms with E-state index in [-0.39, 0.29) is 17.1 Å². The largest absolute Gasteiger partial charge is 0.313 e. The lowest BCUT2D eigenvalue weighted by molar-refractivity contribution is 0.0980. The van der Waals surface area contributed by atoms with Gasteiger partial charge in [-0.3, -0.25) is 4.79 Å². The quantitative estimate of drug-likeness (QED) is 0.686. The number of benzene rings is 2. The molecule has 0 fully saturated rings. The van der Waals surface area contributed by atoms with Crippen molar-refractivity contribution in [1.29, 1.82) is 0 Å². The molecule has 0 radical (unpaired) electrons. The number of fused-ring (bicyclic) bond motifs is 1. The third-order valence-corrected chi connectivity index (χ3v) is 5.89. The summed E-state index contributed by atoms with van der Waals surface area (Å²) in [6, 6.07) is 15.0. The van der Waals surface area contributed by atoms with E-state index in [9.17, 15) is 4.79 Å². The van der Waals surface area contributed by atoms with Gasteiger partial charge in [-0.1, -0.05) is 65.3 Å². The third-order valence-electron chi connectivity index (χ3n) is 4.42. The highest BCUT2D eigenvalue weighted by Crippen LogP contribution is 2.38. The van der Waals surface area contributed by atoms with Crippen LogP contribution in [0.1, 0.15) is 33.4 Å². The molecule has 0 saturated heterocycles.